The summed E-state index contributed by atoms with van der Waals surface area (Å²) in [5, 5.41) is 10.0. The van der Waals surface area contributed by atoms with Crippen LogP contribution in [0.2, 0.25) is 0 Å². The largest absolute Gasteiger partial charge is 0.494 e. The first-order valence-electron chi connectivity index (χ1n) is 20.9. The first-order valence-corrected chi connectivity index (χ1v) is 20.9. The zero-order valence-electron chi connectivity index (χ0n) is 35.0. The van der Waals surface area contributed by atoms with Gasteiger partial charge in [0, 0.05) is 34.1 Å². The molecule has 0 heterocycles. The zero-order chi connectivity index (χ0) is 42.5. The molecule has 4 heteroatoms. The standard InChI is InChI=1S/C58H47N3O/c1-3-62-58-40-38-57(39-41-58)61(53-12-8-5-9-13-53)56-34-26-47(27-35-56)21-18-45-16-19-46(20-17-45)24-30-50-31-25-49(42-51(50)43-59)23-22-48-28-36-55(37-29-48)60(52-10-6-4-7-11-52)54-32-14-44(2)15-33-54/h4-42H,3H2,1-2H3/b21-18-,23-22-,30-24-. The molecule has 0 bridgehead atoms. The summed E-state index contributed by atoms with van der Waals surface area (Å²) in [4.78, 5) is 4.51. The summed E-state index contributed by atoms with van der Waals surface area (Å²) >= 11 is 0. The van der Waals surface area contributed by atoms with Gasteiger partial charge in [0.05, 0.1) is 18.2 Å². The molecular weight excluding hydrogens is 755 g/mol. The molecule has 0 aliphatic carbocycles. The Morgan fingerprint density at radius 3 is 1.21 bits per heavy atom. The monoisotopic (exact) mass is 801 g/mol. The van der Waals surface area contributed by atoms with E-state index in [2.05, 4.69) is 217 Å². The van der Waals surface area contributed by atoms with E-state index in [1.807, 2.05) is 49.4 Å². The first-order chi connectivity index (χ1) is 30.5. The third-order valence-electron chi connectivity index (χ3n) is 10.6. The smallest absolute Gasteiger partial charge is 0.119 e. The number of nitrogens with zero attached hydrogens (tertiary/aromatic N) is 3. The molecule has 0 fully saturated rings. The van der Waals surface area contributed by atoms with Crippen molar-refractivity contribution in [3.05, 3.63) is 245 Å². The van der Waals surface area contributed by atoms with E-state index in [0.717, 1.165) is 73.3 Å². The number of para-hydroxylation sites is 2. The van der Waals surface area contributed by atoms with Gasteiger partial charge in [0.15, 0.2) is 0 Å². The van der Waals surface area contributed by atoms with Crippen LogP contribution in [0.25, 0.3) is 36.5 Å². The summed E-state index contributed by atoms with van der Waals surface area (Å²) in [7, 11) is 0. The van der Waals surface area contributed by atoms with Crippen molar-refractivity contribution in [2.75, 3.05) is 16.4 Å². The molecule has 0 saturated heterocycles. The number of anilines is 6. The van der Waals surface area contributed by atoms with Gasteiger partial charge in [-0.2, -0.15) is 5.26 Å². The molecule has 0 saturated carbocycles. The van der Waals surface area contributed by atoms with Gasteiger partial charge in [-0.05, 0) is 138 Å². The van der Waals surface area contributed by atoms with E-state index in [1.54, 1.807) is 0 Å². The van der Waals surface area contributed by atoms with Gasteiger partial charge in [-0.3, -0.25) is 0 Å². The normalized spacial score (nSPS) is 11.2. The molecule has 0 amide bonds. The van der Waals surface area contributed by atoms with Crippen LogP contribution in [0.3, 0.4) is 0 Å². The third kappa shape index (κ3) is 10.2. The first kappa shape index (κ1) is 40.6. The van der Waals surface area contributed by atoms with Crippen molar-refractivity contribution >= 4 is 70.6 Å². The molecule has 0 spiro atoms. The second-order valence-electron chi connectivity index (χ2n) is 14.9. The minimum absolute atomic E-state index is 0.632. The van der Waals surface area contributed by atoms with Crippen molar-refractivity contribution in [1.82, 2.24) is 0 Å². The second-order valence-corrected chi connectivity index (χ2v) is 14.9. The van der Waals surface area contributed by atoms with Crippen LogP contribution in [0.1, 0.15) is 51.4 Å². The number of hydrogen-bond donors (Lipinski definition) is 0. The number of hydrogen-bond acceptors (Lipinski definition) is 4. The molecule has 4 nitrogen and oxygen atoms in total. The highest BCUT2D eigenvalue weighted by molar-refractivity contribution is 5.81. The SMILES string of the molecule is CCOc1ccc(N(c2ccccc2)c2ccc(/C=C\c3ccc(/C=C\c4ccc(/C=C\c5ccc(N(c6ccccc6)c6ccc(C)cc6)cc5)cc4C#N)cc3)cc2)cc1. The Hall–Kier alpha value is -8.13. The van der Waals surface area contributed by atoms with E-state index in [9.17, 15) is 5.26 Å². The van der Waals surface area contributed by atoms with Gasteiger partial charge in [-0.15, -0.1) is 0 Å². The van der Waals surface area contributed by atoms with Gasteiger partial charge in [0.2, 0.25) is 0 Å². The highest BCUT2D eigenvalue weighted by Gasteiger charge is 2.13. The summed E-state index contributed by atoms with van der Waals surface area (Å²) in [6.45, 7) is 4.74. The van der Waals surface area contributed by atoms with Gasteiger partial charge in [-0.25, -0.2) is 0 Å². The van der Waals surface area contributed by atoms with E-state index in [0.29, 0.717) is 12.2 Å². The Labute approximate surface area is 365 Å². The fourth-order valence-corrected chi connectivity index (χ4v) is 7.28. The molecule has 8 rings (SSSR count). The molecule has 8 aromatic carbocycles. The van der Waals surface area contributed by atoms with Crippen molar-refractivity contribution < 1.29 is 4.74 Å². The zero-order valence-corrected chi connectivity index (χ0v) is 35.0. The molecule has 0 aliphatic heterocycles. The lowest BCUT2D eigenvalue weighted by molar-refractivity contribution is 0.340. The predicted octanol–water partition coefficient (Wildman–Crippen LogP) is 15.7. The highest BCUT2D eigenvalue weighted by Crippen LogP contribution is 2.36. The lowest BCUT2D eigenvalue weighted by Crippen LogP contribution is -2.09. The number of benzene rings is 8. The van der Waals surface area contributed by atoms with E-state index < -0.39 is 0 Å². The van der Waals surface area contributed by atoms with E-state index in [4.69, 9.17) is 4.74 Å². The molecule has 8 aromatic rings. The Bertz CT molecular complexity index is 2820. The Morgan fingerprint density at radius 2 is 0.774 bits per heavy atom. The average Bonchev–Trinajstić information content (AvgIpc) is 3.33. The van der Waals surface area contributed by atoms with Crippen LogP contribution in [0, 0.1) is 18.3 Å². The molecule has 0 N–H and O–H groups in total. The minimum Gasteiger partial charge on any atom is -0.494 e. The van der Waals surface area contributed by atoms with Crippen LogP contribution in [0.4, 0.5) is 34.1 Å². The molecule has 300 valence electrons. The number of nitriles is 1. The second kappa shape index (κ2) is 19.7. The molecule has 0 aromatic heterocycles. The Morgan fingerprint density at radius 1 is 0.419 bits per heavy atom. The topological polar surface area (TPSA) is 39.5 Å². The minimum atomic E-state index is 0.632. The van der Waals surface area contributed by atoms with Crippen LogP contribution < -0.4 is 14.5 Å². The fraction of sp³-hybridized carbons (Fsp3) is 0.0517. The van der Waals surface area contributed by atoms with E-state index >= 15 is 0 Å². The molecular formula is C58H47N3O. The fourth-order valence-electron chi connectivity index (χ4n) is 7.28. The summed E-state index contributed by atoms with van der Waals surface area (Å²) in [6, 6.07) is 71.6. The average molecular weight is 802 g/mol. The summed E-state index contributed by atoms with van der Waals surface area (Å²) in [5.74, 6) is 0.862. The van der Waals surface area contributed by atoms with Gasteiger partial charge >= 0.3 is 0 Å². The quantitative estimate of drug-likeness (QED) is 0.103. The lowest BCUT2D eigenvalue weighted by atomic mass is 10.0. The van der Waals surface area contributed by atoms with E-state index in [-0.39, 0.29) is 0 Å². The molecule has 0 unspecified atom stereocenters. The van der Waals surface area contributed by atoms with Crippen molar-refractivity contribution in [3.63, 3.8) is 0 Å². The van der Waals surface area contributed by atoms with Crippen molar-refractivity contribution in [1.29, 1.82) is 5.26 Å². The maximum atomic E-state index is 10.0. The van der Waals surface area contributed by atoms with Crippen molar-refractivity contribution in [3.8, 4) is 11.8 Å². The number of aryl methyl sites for hydroxylation is 1. The van der Waals surface area contributed by atoms with Crippen LogP contribution >= 0.6 is 0 Å². The summed E-state index contributed by atoms with van der Waals surface area (Å²) < 4.78 is 5.68. The maximum absolute atomic E-state index is 10.0. The highest BCUT2D eigenvalue weighted by atomic mass is 16.5. The molecule has 0 atom stereocenters. The van der Waals surface area contributed by atoms with Crippen LogP contribution in [0.15, 0.2) is 200 Å². The van der Waals surface area contributed by atoms with Gasteiger partial charge in [-0.1, -0.05) is 151 Å². The number of ether oxygens (including phenoxy) is 1. The molecule has 62 heavy (non-hydrogen) atoms. The van der Waals surface area contributed by atoms with Gasteiger partial charge in [0.1, 0.15) is 5.75 Å². The Kier molecular flexibility index (Phi) is 12.9. The Balaban J connectivity index is 0.901. The van der Waals surface area contributed by atoms with Crippen molar-refractivity contribution in [2.45, 2.75) is 13.8 Å². The summed E-state index contributed by atoms with van der Waals surface area (Å²) in [5.41, 5.74) is 14.6. The van der Waals surface area contributed by atoms with E-state index in [1.165, 1.54) is 5.56 Å². The molecule has 0 radical (unpaired) electrons. The van der Waals surface area contributed by atoms with Crippen molar-refractivity contribution in [2.24, 2.45) is 0 Å². The predicted molar refractivity (Wildman–Crippen MR) is 263 cm³/mol. The lowest BCUT2D eigenvalue weighted by Gasteiger charge is -2.25. The van der Waals surface area contributed by atoms with Crippen LogP contribution in [-0.2, 0) is 0 Å². The maximum Gasteiger partial charge on any atom is 0.119 e. The van der Waals surface area contributed by atoms with Gasteiger partial charge < -0.3 is 14.5 Å². The third-order valence-corrected chi connectivity index (χ3v) is 10.6. The number of rotatable bonds is 14. The molecule has 0 aliphatic rings. The van der Waals surface area contributed by atoms with Crippen LogP contribution in [-0.4, -0.2) is 6.61 Å². The van der Waals surface area contributed by atoms with Gasteiger partial charge in [0.25, 0.3) is 0 Å². The summed E-state index contributed by atoms with van der Waals surface area (Å²) in [6.07, 6.45) is 12.5. The van der Waals surface area contributed by atoms with Crippen LogP contribution in [0.5, 0.6) is 5.75 Å².